The monoisotopic (exact) mass is 571 g/mol. The number of carbonyl (C=O) groups is 3. The molecule has 6 heteroatoms. The molecule has 0 aromatic carbocycles. The molecule has 5 saturated carbocycles. The number of hydrogen-bond donors (Lipinski definition) is 1. The lowest BCUT2D eigenvalue weighted by Gasteiger charge is -2.73. The molecule has 0 saturated heterocycles. The third-order valence-corrected chi connectivity index (χ3v) is 14.5. The van der Waals surface area contributed by atoms with Crippen LogP contribution in [0.3, 0.4) is 0 Å². The van der Waals surface area contributed by atoms with Gasteiger partial charge in [-0.25, -0.2) is 0 Å². The molecule has 11 atom stereocenters. The predicted molar refractivity (Wildman–Crippen MR) is 160 cm³/mol. The lowest BCUT2D eigenvalue weighted by Crippen LogP contribution is -2.67. The highest BCUT2D eigenvalue weighted by molar-refractivity contribution is 5.73. The maximum Gasteiger partial charge on any atom is 0.302 e. The molecule has 0 spiro atoms. The number of rotatable bonds is 5. The summed E-state index contributed by atoms with van der Waals surface area (Å²) in [4.78, 5) is 36.1. The number of carbonyl (C=O) groups excluding carboxylic acids is 3. The molecule has 5 fully saturated rings. The first-order valence-electron chi connectivity index (χ1n) is 16.6. The summed E-state index contributed by atoms with van der Waals surface area (Å²) in [7, 11) is 0. The van der Waals surface area contributed by atoms with Gasteiger partial charge in [0.05, 0.1) is 6.61 Å². The fourth-order valence-electron chi connectivity index (χ4n) is 12.7. The zero-order valence-corrected chi connectivity index (χ0v) is 27.4. The van der Waals surface area contributed by atoms with Crippen molar-refractivity contribution < 1.29 is 23.9 Å². The van der Waals surface area contributed by atoms with Crippen molar-refractivity contribution >= 4 is 17.8 Å². The maximum atomic E-state index is 12.1. The summed E-state index contributed by atoms with van der Waals surface area (Å²) in [5.74, 6) is 2.30. The van der Waals surface area contributed by atoms with E-state index in [-0.39, 0.29) is 57.1 Å². The minimum atomic E-state index is -0.182. The number of hydrogen-bond acceptors (Lipinski definition) is 5. The number of amides is 1. The molecule has 5 aliphatic rings. The average molecular weight is 572 g/mol. The Morgan fingerprint density at radius 1 is 0.780 bits per heavy atom. The highest BCUT2D eigenvalue weighted by Gasteiger charge is 2.71. The van der Waals surface area contributed by atoms with Crippen LogP contribution >= 0.6 is 0 Å². The summed E-state index contributed by atoms with van der Waals surface area (Å²) in [5.41, 5.74) is 0.634. The van der Waals surface area contributed by atoms with E-state index in [9.17, 15) is 14.4 Å². The van der Waals surface area contributed by atoms with Gasteiger partial charge in [0.1, 0.15) is 6.10 Å². The van der Waals surface area contributed by atoms with E-state index >= 15 is 0 Å². The van der Waals surface area contributed by atoms with Crippen LogP contribution < -0.4 is 5.32 Å². The number of ether oxygens (including phenoxy) is 2. The van der Waals surface area contributed by atoms with Crippen LogP contribution in [0.25, 0.3) is 0 Å². The standard InChI is InChI=1S/C35H57NO5/c1-21(36-22(2)37)25-12-17-35(20-40-23(3)38)19-18-33(8)26(30(25)35)10-11-28-32(7)15-14-29(41-24(4)39)31(5,6)27(32)13-16-34(28,33)9/h21,25-30H,10-20H2,1-9H3,(H,36,37)/t21-,25+,26+,27+,28-,29+,30+,32-,33+,34+,35+/m1/s1. The molecule has 1 amide bonds. The highest BCUT2D eigenvalue weighted by atomic mass is 16.5. The van der Waals surface area contributed by atoms with Gasteiger partial charge < -0.3 is 14.8 Å². The van der Waals surface area contributed by atoms with Crippen LogP contribution in [0.4, 0.5) is 0 Å². The predicted octanol–water partition coefficient (Wildman–Crippen LogP) is 7.09. The van der Waals surface area contributed by atoms with E-state index in [2.05, 4.69) is 46.9 Å². The molecule has 0 aromatic heterocycles. The molecule has 41 heavy (non-hydrogen) atoms. The van der Waals surface area contributed by atoms with Crippen LogP contribution in [-0.2, 0) is 23.9 Å². The van der Waals surface area contributed by atoms with Gasteiger partial charge in [0.15, 0.2) is 0 Å². The molecule has 0 aliphatic heterocycles. The van der Waals surface area contributed by atoms with Gasteiger partial charge in [0.25, 0.3) is 0 Å². The van der Waals surface area contributed by atoms with Crippen molar-refractivity contribution in [1.29, 1.82) is 0 Å². The van der Waals surface area contributed by atoms with E-state index in [1.54, 1.807) is 13.8 Å². The van der Waals surface area contributed by atoms with Crippen LogP contribution in [0.15, 0.2) is 0 Å². The van der Waals surface area contributed by atoms with E-state index < -0.39 is 0 Å². The molecule has 0 bridgehead atoms. The lowest BCUT2D eigenvalue weighted by molar-refractivity contribution is -0.253. The smallest absolute Gasteiger partial charge is 0.302 e. The maximum absolute atomic E-state index is 12.1. The van der Waals surface area contributed by atoms with E-state index in [4.69, 9.17) is 9.47 Å². The second kappa shape index (κ2) is 10.3. The van der Waals surface area contributed by atoms with Crippen LogP contribution in [0.1, 0.15) is 127 Å². The first kappa shape index (κ1) is 30.9. The quantitative estimate of drug-likeness (QED) is 0.356. The largest absolute Gasteiger partial charge is 0.465 e. The summed E-state index contributed by atoms with van der Waals surface area (Å²) < 4.78 is 11.7. The Labute approximate surface area is 248 Å². The summed E-state index contributed by atoms with van der Waals surface area (Å²) in [5, 5.41) is 3.26. The fraction of sp³-hybridized carbons (Fsp3) is 0.914. The van der Waals surface area contributed by atoms with Gasteiger partial charge in [-0.2, -0.15) is 0 Å². The number of nitrogens with one attached hydrogen (secondary N) is 1. The van der Waals surface area contributed by atoms with Crippen molar-refractivity contribution in [1.82, 2.24) is 5.32 Å². The second-order valence-electron chi connectivity index (χ2n) is 16.5. The Morgan fingerprint density at radius 3 is 2.12 bits per heavy atom. The van der Waals surface area contributed by atoms with Crippen LogP contribution in [0.2, 0.25) is 0 Å². The fourth-order valence-corrected chi connectivity index (χ4v) is 12.7. The minimum Gasteiger partial charge on any atom is -0.465 e. The van der Waals surface area contributed by atoms with E-state index in [0.717, 1.165) is 32.1 Å². The summed E-state index contributed by atoms with van der Waals surface area (Å²) >= 11 is 0. The summed E-state index contributed by atoms with van der Waals surface area (Å²) in [6.07, 6.45) is 11.4. The molecule has 0 unspecified atom stereocenters. The third-order valence-electron chi connectivity index (χ3n) is 14.5. The Balaban J connectivity index is 1.50. The Bertz CT molecular complexity index is 1070. The zero-order valence-electron chi connectivity index (χ0n) is 27.4. The molecule has 0 aromatic rings. The van der Waals surface area contributed by atoms with Crippen molar-refractivity contribution in [2.45, 2.75) is 139 Å². The lowest BCUT2D eigenvalue weighted by atomic mass is 9.32. The van der Waals surface area contributed by atoms with Gasteiger partial charge in [-0.1, -0.05) is 34.6 Å². The molecular weight excluding hydrogens is 514 g/mol. The SMILES string of the molecule is CC(=O)N[C@H](C)[C@@H]1CC[C@@]2(COC(C)=O)CC[C@@]3(C)[C@@H](CC[C@@H]4[C@]5(C)CC[C@H](OC(C)=O)C(C)(C)[C@@H]5CC[C@@]43C)[C@H]12. The Kier molecular flexibility index (Phi) is 7.72. The second-order valence-corrected chi connectivity index (χ2v) is 16.5. The normalized spacial score (nSPS) is 47.0. The molecule has 0 heterocycles. The topological polar surface area (TPSA) is 81.7 Å². The molecule has 232 valence electrons. The van der Waals surface area contributed by atoms with E-state index in [1.807, 2.05) is 0 Å². The van der Waals surface area contributed by atoms with Gasteiger partial charge in [-0.15, -0.1) is 0 Å². The molecule has 0 radical (unpaired) electrons. The Morgan fingerprint density at radius 2 is 1.49 bits per heavy atom. The van der Waals surface area contributed by atoms with Gasteiger partial charge in [0.2, 0.25) is 5.91 Å². The minimum absolute atomic E-state index is 0.000408. The molecule has 1 N–H and O–H groups in total. The van der Waals surface area contributed by atoms with Crippen molar-refractivity contribution in [3.8, 4) is 0 Å². The molecule has 5 aliphatic carbocycles. The van der Waals surface area contributed by atoms with Gasteiger partial charge in [-0.3, -0.25) is 14.4 Å². The van der Waals surface area contributed by atoms with Crippen molar-refractivity contribution in [3.63, 3.8) is 0 Å². The number of esters is 2. The Hall–Kier alpha value is -1.59. The van der Waals surface area contributed by atoms with Gasteiger partial charge in [0, 0.05) is 37.6 Å². The van der Waals surface area contributed by atoms with Crippen molar-refractivity contribution in [2.24, 2.45) is 56.7 Å². The first-order valence-corrected chi connectivity index (χ1v) is 16.6. The van der Waals surface area contributed by atoms with Crippen molar-refractivity contribution in [2.75, 3.05) is 6.61 Å². The van der Waals surface area contributed by atoms with E-state index in [0.29, 0.717) is 36.2 Å². The van der Waals surface area contributed by atoms with Gasteiger partial charge >= 0.3 is 11.9 Å². The average Bonchev–Trinajstić information content (AvgIpc) is 3.24. The zero-order chi connectivity index (χ0) is 30.2. The third kappa shape index (κ3) is 4.58. The molecule has 6 nitrogen and oxygen atoms in total. The van der Waals surface area contributed by atoms with Crippen LogP contribution in [-0.4, -0.2) is 36.6 Å². The first-order chi connectivity index (χ1) is 19.0. The molecule has 5 rings (SSSR count). The highest BCUT2D eigenvalue weighted by Crippen LogP contribution is 2.77. The van der Waals surface area contributed by atoms with Crippen LogP contribution in [0.5, 0.6) is 0 Å². The number of fused-ring (bicyclic) bond motifs is 7. The van der Waals surface area contributed by atoms with Crippen molar-refractivity contribution in [3.05, 3.63) is 0 Å². The summed E-state index contributed by atoms with van der Waals surface area (Å²) in [6, 6.07) is 0.121. The van der Waals surface area contributed by atoms with E-state index in [1.165, 1.54) is 39.0 Å². The van der Waals surface area contributed by atoms with Crippen LogP contribution in [0, 0.1) is 56.7 Å². The van der Waals surface area contributed by atoms with Gasteiger partial charge in [-0.05, 0) is 117 Å². The summed E-state index contributed by atoms with van der Waals surface area (Å²) in [6.45, 7) is 20.0. The molecular formula is C35H57NO5.